The third kappa shape index (κ3) is 2.33. The fraction of sp³-hybridized carbons (Fsp3) is 0.100. The molecule has 0 aliphatic heterocycles. The van der Waals surface area contributed by atoms with Gasteiger partial charge in [0.05, 0.1) is 4.90 Å². The molecule has 1 aromatic heterocycles. The van der Waals surface area contributed by atoms with Gasteiger partial charge < -0.3 is 0 Å². The smallest absolute Gasteiger partial charge is 0.276 e. The highest BCUT2D eigenvalue weighted by molar-refractivity contribution is 7.92. The van der Waals surface area contributed by atoms with E-state index in [2.05, 4.69) is 4.98 Å². The maximum atomic E-state index is 13.1. The molecule has 0 saturated carbocycles. The monoisotopic (exact) mass is 294 g/mol. The number of nitrogens with zero attached hydrogens (tertiary/aromatic N) is 2. The first-order valence-corrected chi connectivity index (χ1v) is 6.32. The van der Waals surface area contributed by atoms with Crippen LogP contribution < -0.4 is 0 Å². The van der Waals surface area contributed by atoms with Crippen molar-refractivity contribution in [1.82, 2.24) is 9.55 Å². The summed E-state index contributed by atoms with van der Waals surface area (Å²) >= 11 is 0. The molecule has 0 aliphatic carbocycles. The first-order valence-electron chi connectivity index (χ1n) is 4.84. The van der Waals surface area contributed by atoms with Gasteiger partial charge in [0.25, 0.3) is 15.9 Å². The lowest BCUT2D eigenvalue weighted by Crippen LogP contribution is -2.23. The van der Waals surface area contributed by atoms with Crippen LogP contribution in [-0.4, -0.2) is 23.5 Å². The third-order valence-electron chi connectivity index (χ3n) is 2.33. The zero-order valence-corrected chi connectivity index (χ0v) is 9.91. The van der Waals surface area contributed by atoms with E-state index >= 15 is 0 Å². The number of rotatable bonds is 2. The summed E-state index contributed by atoms with van der Waals surface area (Å²) < 4.78 is 73.2. The Bertz CT molecular complexity index is 689. The molecule has 0 N–H and O–H groups in total. The number of sulfone groups is 1. The van der Waals surface area contributed by atoms with Gasteiger partial charge in [-0.15, -0.1) is 0 Å². The predicted octanol–water partition coefficient (Wildman–Crippen LogP) is 2.30. The van der Waals surface area contributed by atoms with Crippen LogP contribution in [0, 0.1) is 6.08 Å². The predicted molar refractivity (Wildman–Crippen MR) is 56.8 cm³/mol. The number of hydrogen-bond acceptors (Lipinski definition) is 3. The van der Waals surface area contributed by atoms with Crippen LogP contribution in [0.4, 0.5) is 17.6 Å². The Labute approximate surface area is 105 Å². The normalized spacial score (nSPS) is 12.6. The lowest BCUT2D eigenvalue weighted by atomic mass is 10.3. The third-order valence-corrected chi connectivity index (χ3v) is 3.83. The Morgan fingerprint density at radius 1 is 1.11 bits per heavy atom. The van der Waals surface area contributed by atoms with Crippen LogP contribution in [0.3, 0.4) is 0 Å². The zero-order valence-electron chi connectivity index (χ0n) is 9.10. The Hall–Kier alpha value is -1.90. The van der Waals surface area contributed by atoms with Crippen LogP contribution in [0.25, 0.3) is 5.69 Å². The second-order valence-corrected chi connectivity index (χ2v) is 5.45. The fourth-order valence-electron chi connectivity index (χ4n) is 1.40. The lowest BCUT2D eigenvalue weighted by molar-refractivity contribution is -0.0436. The summed E-state index contributed by atoms with van der Waals surface area (Å²) in [7, 11) is -5.39. The van der Waals surface area contributed by atoms with Crippen molar-refractivity contribution in [2.24, 2.45) is 0 Å². The molecular weight excluding hydrogens is 288 g/mol. The minimum Gasteiger partial charge on any atom is -0.276 e. The van der Waals surface area contributed by atoms with Gasteiger partial charge in [0.2, 0.25) is 0 Å². The number of halogens is 4. The lowest BCUT2D eigenvalue weighted by Gasteiger charge is -2.09. The second-order valence-electron chi connectivity index (χ2n) is 3.51. The molecule has 0 bridgehead atoms. The molecule has 2 rings (SSSR count). The van der Waals surface area contributed by atoms with Gasteiger partial charge in [-0.2, -0.15) is 17.6 Å². The van der Waals surface area contributed by atoms with E-state index in [4.69, 9.17) is 0 Å². The zero-order chi connectivity index (χ0) is 14.3. The number of benzene rings is 1. The van der Waals surface area contributed by atoms with Crippen LogP contribution in [-0.2, 0) is 9.84 Å². The van der Waals surface area contributed by atoms with E-state index in [9.17, 15) is 26.0 Å². The fourth-order valence-corrected chi connectivity index (χ4v) is 2.16. The molecule has 2 aromatic rings. The average molecular weight is 294 g/mol. The number of hydrogen-bond donors (Lipinski definition) is 0. The molecule has 0 unspecified atom stereocenters. The molecule has 9 heteroatoms. The van der Waals surface area contributed by atoms with Gasteiger partial charge in [-0.25, -0.2) is 13.4 Å². The molecule has 1 aromatic carbocycles. The van der Waals surface area contributed by atoms with Crippen molar-refractivity contribution in [3.63, 3.8) is 0 Å². The molecule has 0 atom stereocenters. The average Bonchev–Trinajstić information content (AvgIpc) is 2.74. The highest BCUT2D eigenvalue weighted by atomic mass is 32.2. The quantitative estimate of drug-likeness (QED) is 0.799. The van der Waals surface area contributed by atoms with Gasteiger partial charge >= 0.3 is 5.51 Å². The van der Waals surface area contributed by atoms with Crippen molar-refractivity contribution in [2.45, 2.75) is 10.4 Å². The Morgan fingerprint density at radius 2 is 1.68 bits per heavy atom. The molecule has 0 saturated heterocycles. The van der Waals surface area contributed by atoms with Gasteiger partial charge in [0.1, 0.15) is 0 Å². The van der Waals surface area contributed by atoms with Crippen molar-refractivity contribution in [1.29, 1.82) is 0 Å². The summed E-state index contributed by atoms with van der Waals surface area (Å²) in [6, 6.07) is 3.64. The second kappa shape index (κ2) is 4.34. The molecule has 1 heterocycles. The maximum Gasteiger partial charge on any atom is 0.501 e. The van der Waals surface area contributed by atoms with E-state index in [0.29, 0.717) is 0 Å². The van der Waals surface area contributed by atoms with Crippen molar-refractivity contribution in [3.8, 4) is 5.69 Å². The minimum atomic E-state index is -5.39. The molecule has 0 aliphatic rings. The van der Waals surface area contributed by atoms with Gasteiger partial charge in [-0.1, -0.05) is 0 Å². The summed E-state index contributed by atoms with van der Waals surface area (Å²) in [5.41, 5.74) is -5.20. The SMILES string of the molecule is O=S(=O)(c1ccc(-n2ccnc2F)cc1)C(F)(F)F. The van der Waals surface area contributed by atoms with Gasteiger partial charge in [-0.3, -0.25) is 4.57 Å². The van der Waals surface area contributed by atoms with Crippen molar-refractivity contribution < 1.29 is 26.0 Å². The Morgan fingerprint density at radius 3 is 2.11 bits per heavy atom. The molecule has 0 radical (unpaired) electrons. The number of imidazole rings is 1. The first kappa shape index (κ1) is 13.5. The van der Waals surface area contributed by atoms with E-state index in [1.165, 1.54) is 6.20 Å². The first-order chi connectivity index (χ1) is 8.73. The largest absolute Gasteiger partial charge is 0.501 e. The summed E-state index contributed by atoms with van der Waals surface area (Å²) in [4.78, 5) is 2.40. The van der Waals surface area contributed by atoms with E-state index < -0.39 is 26.3 Å². The molecule has 19 heavy (non-hydrogen) atoms. The van der Waals surface area contributed by atoms with Crippen LogP contribution in [0.5, 0.6) is 0 Å². The Kier molecular flexibility index (Phi) is 3.09. The summed E-state index contributed by atoms with van der Waals surface area (Å²) in [5, 5.41) is 0. The summed E-state index contributed by atoms with van der Waals surface area (Å²) in [6.07, 6.45) is 1.56. The molecular formula is C10H6F4N2O2S. The summed E-state index contributed by atoms with van der Waals surface area (Å²) in [6.45, 7) is 0. The van der Waals surface area contributed by atoms with Crippen molar-refractivity contribution in [2.75, 3.05) is 0 Å². The van der Waals surface area contributed by atoms with Crippen LogP contribution >= 0.6 is 0 Å². The standard InChI is InChI=1S/C10H6F4N2O2S/c11-9-15-5-6-16(9)7-1-3-8(4-2-7)19(17,18)10(12,13)14/h1-6H. The number of aromatic nitrogens is 2. The van der Waals surface area contributed by atoms with E-state index in [-0.39, 0.29) is 5.69 Å². The van der Waals surface area contributed by atoms with E-state index in [0.717, 1.165) is 35.0 Å². The van der Waals surface area contributed by atoms with Crippen molar-refractivity contribution in [3.05, 3.63) is 42.7 Å². The molecule has 4 nitrogen and oxygen atoms in total. The molecule has 0 fully saturated rings. The molecule has 0 spiro atoms. The molecule has 0 amide bonds. The maximum absolute atomic E-state index is 13.1. The molecule has 102 valence electrons. The van der Waals surface area contributed by atoms with Gasteiger partial charge in [0.15, 0.2) is 0 Å². The van der Waals surface area contributed by atoms with Crippen molar-refractivity contribution >= 4 is 9.84 Å². The van der Waals surface area contributed by atoms with E-state index in [1.54, 1.807) is 0 Å². The highest BCUT2D eigenvalue weighted by Crippen LogP contribution is 2.30. The minimum absolute atomic E-state index is 0.163. The topological polar surface area (TPSA) is 52.0 Å². The van der Waals surface area contributed by atoms with Gasteiger partial charge in [-0.05, 0) is 24.3 Å². The number of alkyl halides is 3. The highest BCUT2D eigenvalue weighted by Gasteiger charge is 2.46. The Balaban J connectivity index is 2.43. The van der Waals surface area contributed by atoms with Crippen LogP contribution in [0.2, 0.25) is 0 Å². The van der Waals surface area contributed by atoms with Gasteiger partial charge in [0, 0.05) is 18.1 Å². The van der Waals surface area contributed by atoms with Crippen LogP contribution in [0.15, 0.2) is 41.6 Å². The summed E-state index contributed by atoms with van der Waals surface area (Å²) in [5.74, 6) is 0. The van der Waals surface area contributed by atoms with E-state index in [1.807, 2.05) is 0 Å². The van der Waals surface area contributed by atoms with Crippen LogP contribution in [0.1, 0.15) is 0 Å².